The lowest BCUT2D eigenvalue weighted by molar-refractivity contribution is 0.102. The molecule has 0 radical (unpaired) electrons. The Bertz CT molecular complexity index is 1030. The number of fused-ring (bicyclic) bond motifs is 1. The van der Waals surface area contributed by atoms with Crippen molar-refractivity contribution >= 4 is 22.6 Å². The lowest BCUT2D eigenvalue weighted by atomic mass is 10.2. The van der Waals surface area contributed by atoms with Crippen molar-refractivity contribution in [1.82, 2.24) is 19.9 Å². The van der Waals surface area contributed by atoms with E-state index in [-0.39, 0.29) is 5.91 Å². The zero-order valence-electron chi connectivity index (χ0n) is 13.0. The number of anilines is 1. The smallest absolute Gasteiger partial charge is 0.255 e. The van der Waals surface area contributed by atoms with E-state index >= 15 is 0 Å². The second kappa shape index (κ2) is 6.40. The number of carbonyl (C=O) groups excluding carboxylic acids is 1. The number of aromatic amines is 1. The molecule has 4 rings (SSSR count). The Morgan fingerprint density at radius 3 is 2.92 bits per heavy atom. The first-order valence-corrected chi connectivity index (χ1v) is 7.56. The van der Waals surface area contributed by atoms with Gasteiger partial charge in [-0.05, 0) is 30.3 Å². The average molecular weight is 331 g/mol. The van der Waals surface area contributed by atoms with Gasteiger partial charge in [0.2, 0.25) is 5.88 Å². The van der Waals surface area contributed by atoms with Gasteiger partial charge in [-0.3, -0.25) is 9.78 Å². The molecule has 2 heterocycles. The molecule has 0 aliphatic carbocycles. The number of nitrogens with one attached hydrogen (secondary N) is 2. The minimum absolute atomic E-state index is 0.215. The zero-order chi connectivity index (χ0) is 17.1. The lowest BCUT2D eigenvalue weighted by Gasteiger charge is -2.08. The van der Waals surface area contributed by atoms with Crippen LogP contribution in [0.2, 0.25) is 0 Å². The second-order valence-electron chi connectivity index (χ2n) is 5.26. The Morgan fingerprint density at radius 1 is 1.08 bits per heavy atom. The largest absolute Gasteiger partial charge is 0.437 e. The maximum Gasteiger partial charge on any atom is 0.255 e. The summed E-state index contributed by atoms with van der Waals surface area (Å²) in [7, 11) is 0. The van der Waals surface area contributed by atoms with Crippen molar-refractivity contribution in [2.45, 2.75) is 0 Å². The van der Waals surface area contributed by atoms with Crippen molar-refractivity contribution in [3.63, 3.8) is 0 Å². The van der Waals surface area contributed by atoms with E-state index in [0.29, 0.717) is 22.9 Å². The fourth-order valence-electron chi connectivity index (χ4n) is 2.38. The number of carbonyl (C=O) groups is 1. The number of ether oxygens (including phenoxy) is 1. The molecule has 0 spiro atoms. The third-order valence-corrected chi connectivity index (χ3v) is 3.54. The summed E-state index contributed by atoms with van der Waals surface area (Å²) in [5.41, 5.74) is 2.79. The first-order chi connectivity index (χ1) is 12.3. The van der Waals surface area contributed by atoms with Crippen LogP contribution in [0.25, 0.3) is 11.0 Å². The summed E-state index contributed by atoms with van der Waals surface area (Å²) in [6.45, 7) is 0. The molecule has 0 aliphatic rings. The third kappa shape index (κ3) is 3.30. The molecule has 0 bridgehead atoms. The van der Waals surface area contributed by atoms with Crippen LogP contribution in [-0.2, 0) is 0 Å². The fraction of sp³-hybridized carbons (Fsp3) is 0. The van der Waals surface area contributed by atoms with Gasteiger partial charge >= 0.3 is 0 Å². The summed E-state index contributed by atoms with van der Waals surface area (Å²) in [4.78, 5) is 27.6. The molecule has 4 aromatic rings. The Labute approximate surface area is 142 Å². The first-order valence-electron chi connectivity index (χ1n) is 7.56. The van der Waals surface area contributed by atoms with Crippen LogP contribution in [0.15, 0.2) is 67.4 Å². The van der Waals surface area contributed by atoms with Crippen LogP contribution >= 0.6 is 0 Å². The number of hydrogen-bond donors (Lipinski definition) is 2. The van der Waals surface area contributed by atoms with E-state index in [1.165, 1.54) is 6.20 Å². The molecule has 7 heteroatoms. The summed E-state index contributed by atoms with van der Waals surface area (Å²) in [6, 6.07) is 12.4. The third-order valence-electron chi connectivity index (χ3n) is 3.54. The van der Waals surface area contributed by atoms with Crippen molar-refractivity contribution in [1.29, 1.82) is 0 Å². The molecule has 25 heavy (non-hydrogen) atoms. The predicted molar refractivity (Wildman–Crippen MR) is 92.6 cm³/mol. The fourth-order valence-corrected chi connectivity index (χ4v) is 2.38. The number of imidazole rings is 1. The number of hydrogen-bond acceptors (Lipinski definition) is 5. The SMILES string of the molecule is O=C(Nc1cccc(Oc2cnccn2)c1)c1ccc2nc[nH]c2c1. The van der Waals surface area contributed by atoms with Crippen LogP contribution in [0.3, 0.4) is 0 Å². The van der Waals surface area contributed by atoms with Crippen molar-refractivity contribution in [2.75, 3.05) is 5.32 Å². The molecule has 0 fully saturated rings. The van der Waals surface area contributed by atoms with Crippen molar-refractivity contribution < 1.29 is 9.53 Å². The molecule has 2 N–H and O–H groups in total. The number of benzene rings is 2. The van der Waals surface area contributed by atoms with Crippen LogP contribution in [-0.4, -0.2) is 25.8 Å². The van der Waals surface area contributed by atoms with Gasteiger partial charge in [-0.1, -0.05) is 6.07 Å². The van der Waals surface area contributed by atoms with E-state index in [1.807, 2.05) is 0 Å². The molecule has 1 amide bonds. The molecule has 2 aromatic heterocycles. The highest BCUT2D eigenvalue weighted by Gasteiger charge is 2.09. The van der Waals surface area contributed by atoms with Gasteiger partial charge < -0.3 is 15.0 Å². The van der Waals surface area contributed by atoms with Crippen LogP contribution < -0.4 is 10.1 Å². The monoisotopic (exact) mass is 331 g/mol. The van der Waals surface area contributed by atoms with Gasteiger partial charge in [-0.25, -0.2) is 9.97 Å². The molecule has 122 valence electrons. The predicted octanol–water partition coefficient (Wildman–Crippen LogP) is 3.40. The quantitative estimate of drug-likeness (QED) is 0.598. The summed E-state index contributed by atoms with van der Waals surface area (Å²) < 4.78 is 5.62. The number of H-pyrrole nitrogens is 1. The van der Waals surface area contributed by atoms with Crippen LogP contribution in [0.1, 0.15) is 10.4 Å². The van der Waals surface area contributed by atoms with E-state index in [1.54, 1.807) is 61.2 Å². The van der Waals surface area contributed by atoms with Crippen LogP contribution in [0.5, 0.6) is 11.6 Å². The molecule has 0 unspecified atom stereocenters. The Balaban J connectivity index is 1.52. The minimum Gasteiger partial charge on any atom is -0.437 e. The Hall–Kier alpha value is -3.74. The maximum atomic E-state index is 12.4. The number of amides is 1. The number of aromatic nitrogens is 4. The molecular formula is C18H13N5O2. The second-order valence-corrected chi connectivity index (χ2v) is 5.26. The van der Waals surface area contributed by atoms with E-state index in [0.717, 1.165) is 11.0 Å². The van der Waals surface area contributed by atoms with Gasteiger partial charge in [0.25, 0.3) is 5.91 Å². The molecule has 0 aliphatic heterocycles. The first kappa shape index (κ1) is 14.8. The molecular weight excluding hydrogens is 318 g/mol. The number of nitrogens with zero attached hydrogens (tertiary/aromatic N) is 3. The highest BCUT2D eigenvalue weighted by Crippen LogP contribution is 2.22. The molecule has 7 nitrogen and oxygen atoms in total. The molecule has 2 aromatic carbocycles. The van der Waals surface area contributed by atoms with Gasteiger partial charge in [0.1, 0.15) is 5.75 Å². The van der Waals surface area contributed by atoms with Gasteiger partial charge in [-0.2, -0.15) is 0 Å². The van der Waals surface area contributed by atoms with E-state index in [4.69, 9.17) is 4.74 Å². The Kier molecular flexibility index (Phi) is 3.80. The average Bonchev–Trinajstić information content (AvgIpc) is 3.10. The zero-order valence-corrected chi connectivity index (χ0v) is 13.0. The minimum atomic E-state index is -0.215. The van der Waals surface area contributed by atoms with Crippen LogP contribution in [0.4, 0.5) is 5.69 Å². The summed E-state index contributed by atoms with van der Waals surface area (Å²) in [5, 5.41) is 2.85. The van der Waals surface area contributed by atoms with Crippen molar-refractivity contribution in [3.05, 3.63) is 72.9 Å². The topological polar surface area (TPSA) is 92.8 Å². The normalized spacial score (nSPS) is 10.6. The summed E-state index contributed by atoms with van der Waals surface area (Å²) in [6.07, 6.45) is 6.23. The van der Waals surface area contributed by atoms with Crippen molar-refractivity contribution in [2.24, 2.45) is 0 Å². The summed E-state index contributed by atoms with van der Waals surface area (Å²) in [5.74, 6) is 0.728. The lowest BCUT2D eigenvalue weighted by Crippen LogP contribution is -2.11. The van der Waals surface area contributed by atoms with Gasteiger partial charge in [0.05, 0.1) is 23.6 Å². The van der Waals surface area contributed by atoms with Gasteiger partial charge in [0.15, 0.2) is 0 Å². The standard InChI is InChI=1S/C18H13N5O2/c24-18(12-4-5-15-16(8-12)22-11-21-15)23-13-2-1-3-14(9-13)25-17-10-19-6-7-20-17/h1-11H,(H,21,22)(H,23,24). The highest BCUT2D eigenvalue weighted by atomic mass is 16.5. The Morgan fingerprint density at radius 2 is 2.04 bits per heavy atom. The van der Waals surface area contributed by atoms with Gasteiger partial charge in [0, 0.05) is 29.7 Å². The molecule has 0 saturated carbocycles. The van der Waals surface area contributed by atoms with Crippen LogP contribution in [0, 0.1) is 0 Å². The summed E-state index contributed by atoms with van der Waals surface area (Å²) >= 11 is 0. The van der Waals surface area contributed by atoms with Crippen molar-refractivity contribution in [3.8, 4) is 11.6 Å². The number of rotatable bonds is 4. The highest BCUT2D eigenvalue weighted by molar-refractivity contribution is 6.05. The maximum absolute atomic E-state index is 12.4. The molecule has 0 atom stereocenters. The van der Waals surface area contributed by atoms with E-state index < -0.39 is 0 Å². The van der Waals surface area contributed by atoms with Gasteiger partial charge in [-0.15, -0.1) is 0 Å². The van der Waals surface area contributed by atoms with E-state index in [2.05, 4.69) is 25.3 Å². The van der Waals surface area contributed by atoms with E-state index in [9.17, 15) is 4.79 Å². The molecule has 0 saturated heterocycles.